The molecule has 0 N–H and O–H groups in total. The van der Waals surface area contributed by atoms with Gasteiger partial charge in [-0.2, -0.15) is 0 Å². The molecule has 1 nitrogen and oxygen atoms in total. The molecule has 11 heavy (non-hydrogen) atoms. The van der Waals surface area contributed by atoms with E-state index in [0.717, 1.165) is 6.42 Å². The van der Waals surface area contributed by atoms with Crippen LogP contribution in [0.5, 0.6) is 0 Å². The molecule has 0 aliphatic heterocycles. The summed E-state index contributed by atoms with van der Waals surface area (Å²) in [5.41, 5.74) is 0. The third kappa shape index (κ3) is 5.66. The van der Waals surface area contributed by atoms with Crippen molar-refractivity contribution in [3.05, 3.63) is 0 Å². The summed E-state index contributed by atoms with van der Waals surface area (Å²) in [4.78, 5) is 10.7. The molecule has 0 bridgehead atoms. The molecule has 0 saturated carbocycles. The van der Waals surface area contributed by atoms with Crippen molar-refractivity contribution < 1.29 is 4.79 Å². The first-order valence-corrected chi connectivity index (χ1v) is 4.20. The van der Waals surface area contributed by atoms with E-state index >= 15 is 0 Å². The molecule has 1 heteroatoms. The first kappa shape index (κ1) is 10.2. The van der Waals surface area contributed by atoms with Gasteiger partial charge in [0, 0.05) is 6.42 Å². The van der Waals surface area contributed by atoms with Gasteiger partial charge < -0.3 is 0 Å². The van der Waals surface area contributed by atoms with Crippen molar-refractivity contribution in [1.29, 1.82) is 0 Å². The van der Waals surface area contributed by atoms with E-state index in [2.05, 4.69) is 19.8 Å². The lowest BCUT2D eigenvalue weighted by molar-refractivity contribution is -0.114. The van der Waals surface area contributed by atoms with Crippen LogP contribution in [0.4, 0.5) is 0 Å². The summed E-state index contributed by atoms with van der Waals surface area (Å²) in [5, 5.41) is 0. The van der Waals surface area contributed by atoms with Crippen molar-refractivity contribution >= 4 is 5.78 Å². The summed E-state index contributed by atoms with van der Waals surface area (Å²) in [6.45, 7) is 4.22. The molecule has 0 spiro atoms. The topological polar surface area (TPSA) is 17.1 Å². The summed E-state index contributed by atoms with van der Waals surface area (Å²) >= 11 is 0. The smallest absolute Gasteiger partial charge is 0.205 e. The maximum absolute atomic E-state index is 10.7. The van der Waals surface area contributed by atoms with Gasteiger partial charge in [-0.1, -0.05) is 33.1 Å². The molecule has 0 saturated heterocycles. The average Bonchev–Trinajstić information content (AvgIpc) is 2.00. The molecule has 0 aromatic rings. The zero-order chi connectivity index (χ0) is 8.69. The number of Topliss-reactive ketones (excluding diaryl/α,β-unsaturated/α-hetero) is 1. The van der Waals surface area contributed by atoms with Crippen LogP contribution >= 0.6 is 0 Å². The minimum absolute atomic E-state index is 0.0615. The number of unbranched alkanes of at least 4 members (excludes halogenated alkanes) is 1. The molecule has 0 fully saturated rings. The second-order valence-corrected chi connectivity index (χ2v) is 3.02. The molecule has 0 aromatic heterocycles. The Labute approximate surface area is 69.2 Å². The van der Waals surface area contributed by atoms with Crippen LogP contribution in [-0.2, 0) is 4.79 Å². The van der Waals surface area contributed by atoms with Crippen molar-refractivity contribution in [2.45, 2.75) is 39.5 Å². The van der Waals surface area contributed by atoms with Crippen molar-refractivity contribution in [1.82, 2.24) is 0 Å². The van der Waals surface area contributed by atoms with Crippen molar-refractivity contribution in [3.8, 4) is 12.3 Å². The molecule has 0 aliphatic rings. The lowest BCUT2D eigenvalue weighted by Crippen LogP contribution is -2.02. The lowest BCUT2D eigenvalue weighted by atomic mass is 9.99. The second kappa shape index (κ2) is 5.97. The maximum Gasteiger partial charge on any atom is 0.205 e. The number of ketones is 1. The van der Waals surface area contributed by atoms with Crippen LogP contribution < -0.4 is 0 Å². The van der Waals surface area contributed by atoms with Crippen LogP contribution in [0.3, 0.4) is 0 Å². The lowest BCUT2D eigenvalue weighted by Gasteiger charge is -2.06. The Morgan fingerprint density at radius 1 is 1.64 bits per heavy atom. The van der Waals surface area contributed by atoms with E-state index in [1.165, 1.54) is 12.8 Å². The van der Waals surface area contributed by atoms with E-state index in [1.807, 2.05) is 0 Å². The molecule has 1 atom stereocenters. The molecule has 0 unspecified atom stereocenters. The monoisotopic (exact) mass is 152 g/mol. The minimum atomic E-state index is -0.0615. The largest absolute Gasteiger partial charge is 0.285 e. The van der Waals surface area contributed by atoms with Crippen molar-refractivity contribution in [2.24, 2.45) is 5.92 Å². The summed E-state index contributed by atoms with van der Waals surface area (Å²) in [6, 6.07) is 0. The van der Waals surface area contributed by atoms with Crippen LogP contribution in [0.15, 0.2) is 0 Å². The zero-order valence-electron chi connectivity index (χ0n) is 7.39. The van der Waals surface area contributed by atoms with Crippen LogP contribution in [-0.4, -0.2) is 5.78 Å². The molecule has 62 valence electrons. The molecule has 0 radical (unpaired) electrons. The highest BCUT2D eigenvalue weighted by Crippen LogP contribution is 2.11. The van der Waals surface area contributed by atoms with Gasteiger partial charge in [0.1, 0.15) is 0 Å². The fourth-order valence-electron chi connectivity index (χ4n) is 1.03. The number of carbonyl (C=O) groups is 1. The number of rotatable bonds is 5. The predicted octanol–water partition coefficient (Wildman–Crippen LogP) is 2.41. The molecular formula is C10H16O. The standard InChI is InChI=1S/C10H16O/c1-4-6-7-9(3)8-10(11)5-2/h2,9H,4,6-8H2,1,3H3/t9-/m1/s1. The fourth-order valence-corrected chi connectivity index (χ4v) is 1.03. The van der Waals surface area contributed by atoms with Gasteiger partial charge in [-0.25, -0.2) is 0 Å². The molecule has 0 rings (SSSR count). The first-order chi connectivity index (χ1) is 5.20. The van der Waals surface area contributed by atoms with Gasteiger partial charge in [0.2, 0.25) is 5.78 Å². The highest BCUT2D eigenvalue weighted by molar-refractivity contribution is 5.94. The Hall–Kier alpha value is -0.770. The van der Waals surface area contributed by atoms with Crippen LogP contribution in [0.2, 0.25) is 0 Å². The average molecular weight is 152 g/mol. The van der Waals surface area contributed by atoms with E-state index in [0.29, 0.717) is 12.3 Å². The highest BCUT2D eigenvalue weighted by atomic mass is 16.1. The van der Waals surface area contributed by atoms with E-state index in [4.69, 9.17) is 6.42 Å². The summed E-state index contributed by atoms with van der Waals surface area (Å²) < 4.78 is 0. The fraction of sp³-hybridized carbons (Fsp3) is 0.700. The number of hydrogen-bond acceptors (Lipinski definition) is 1. The quantitative estimate of drug-likeness (QED) is 0.436. The molecule has 0 aromatic carbocycles. The third-order valence-electron chi connectivity index (χ3n) is 1.75. The molecule has 0 aliphatic carbocycles. The van der Waals surface area contributed by atoms with Crippen LogP contribution in [0.1, 0.15) is 39.5 Å². The first-order valence-electron chi connectivity index (χ1n) is 4.20. The molecule has 0 heterocycles. The van der Waals surface area contributed by atoms with Gasteiger partial charge in [0.05, 0.1) is 0 Å². The van der Waals surface area contributed by atoms with Gasteiger partial charge in [0.25, 0.3) is 0 Å². The van der Waals surface area contributed by atoms with E-state index in [9.17, 15) is 4.79 Å². The van der Waals surface area contributed by atoms with Gasteiger partial charge in [-0.3, -0.25) is 4.79 Å². The number of terminal acetylenes is 1. The van der Waals surface area contributed by atoms with Gasteiger partial charge in [-0.05, 0) is 11.8 Å². The highest BCUT2D eigenvalue weighted by Gasteiger charge is 2.05. The zero-order valence-corrected chi connectivity index (χ0v) is 7.39. The van der Waals surface area contributed by atoms with E-state index in [1.54, 1.807) is 0 Å². The third-order valence-corrected chi connectivity index (χ3v) is 1.75. The van der Waals surface area contributed by atoms with Crippen LogP contribution in [0.25, 0.3) is 0 Å². The van der Waals surface area contributed by atoms with E-state index < -0.39 is 0 Å². The van der Waals surface area contributed by atoms with Crippen molar-refractivity contribution in [3.63, 3.8) is 0 Å². The van der Waals surface area contributed by atoms with Gasteiger partial charge in [0.15, 0.2) is 0 Å². The Morgan fingerprint density at radius 3 is 2.73 bits per heavy atom. The Balaban J connectivity index is 3.45. The maximum atomic E-state index is 10.7. The normalized spacial score (nSPS) is 12.1. The molecule has 0 amide bonds. The molecular weight excluding hydrogens is 136 g/mol. The minimum Gasteiger partial charge on any atom is -0.285 e. The summed E-state index contributed by atoms with van der Waals surface area (Å²) in [7, 11) is 0. The van der Waals surface area contributed by atoms with Crippen LogP contribution in [0, 0.1) is 18.3 Å². The Bertz CT molecular complexity index is 153. The number of carbonyl (C=O) groups excluding carboxylic acids is 1. The Morgan fingerprint density at radius 2 is 2.27 bits per heavy atom. The predicted molar refractivity (Wildman–Crippen MR) is 47.1 cm³/mol. The summed E-state index contributed by atoms with van der Waals surface area (Å²) in [6.07, 6.45) is 9.00. The van der Waals surface area contributed by atoms with Gasteiger partial charge >= 0.3 is 0 Å². The SMILES string of the molecule is C#CC(=O)C[C@H](C)CCCC. The summed E-state index contributed by atoms with van der Waals surface area (Å²) in [5.74, 6) is 2.53. The van der Waals surface area contributed by atoms with E-state index in [-0.39, 0.29) is 5.78 Å². The van der Waals surface area contributed by atoms with Gasteiger partial charge in [-0.15, -0.1) is 6.42 Å². The van der Waals surface area contributed by atoms with Crippen molar-refractivity contribution in [2.75, 3.05) is 0 Å². The second-order valence-electron chi connectivity index (χ2n) is 3.02. The Kier molecular flexibility index (Phi) is 5.56. The number of hydrogen-bond donors (Lipinski definition) is 0.